The van der Waals surface area contributed by atoms with E-state index in [1.807, 2.05) is 48.7 Å². The summed E-state index contributed by atoms with van der Waals surface area (Å²) in [5.74, 6) is 0.315. The highest BCUT2D eigenvalue weighted by Crippen LogP contribution is 2.28. The summed E-state index contributed by atoms with van der Waals surface area (Å²) in [6.45, 7) is 0.689. The molecule has 25 heavy (non-hydrogen) atoms. The molecule has 0 aliphatic heterocycles. The average Bonchev–Trinajstić information content (AvgIpc) is 3.03. The van der Waals surface area contributed by atoms with Gasteiger partial charge in [0.2, 0.25) is 5.91 Å². The van der Waals surface area contributed by atoms with E-state index in [-0.39, 0.29) is 5.91 Å². The van der Waals surface area contributed by atoms with Gasteiger partial charge in [-0.25, -0.2) is 4.98 Å². The number of aromatic nitrogens is 2. The number of carbonyl (C=O) groups is 1. The highest BCUT2D eigenvalue weighted by molar-refractivity contribution is 7.99. The standard InChI is InChI=1S/C19H18ClN3OS/c1-21-18(24)13-25-19-22-11-17(15-7-9-16(20)10-8-15)23(19)12-14-5-3-2-4-6-14/h2-11H,12-13H2,1H3,(H,21,24). The molecule has 0 spiro atoms. The number of carbonyl (C=O) groups excluding carboxylic acids is 1. The van der Waals surface area contributed by atoms with Gasteiger partial charge in [-0.3, -0.25) is 4.79 Å². The Morgan fingerprint density at radius 1 is 1.16 bits per heavy atom. The molecule has 1 heterocycles. The van der Waals surface area contributed by atoms with Crippen LogP contribution in [0, 0.1) is 0 Å². The van der Waals surface area contributed by atoms with E-state index in [9.17, 15) is 4.79 Å². The predicted molar refractivity (Wildman–Crippen MR) is 103 cm³/mol. The van der Waals surface area contributed by atoms with Crippen molar-refractivity contribution < 1.29 is 4.79 Å². The van der Waals surface area contributed by atoms with E-state index in [4.69, 9.17) is 11.6 Å². The van der Waals surface area contributed by atoms with Gasteiger partial charge in [0.15, 0.2) is 5.16 Å². The second-order valence-electron chi connectivity index (χ2n) is 5.47. The Morgan fingerprint density at radius 2 is 1.88 bits per heavy atom. The van der Waals surface area contributed by atoms with Crippen LogP contribution >= 0.6 is 23.4 Å². The van der Waals surface area contributed by atoms with Gasteiger partial charge in [0.1, 0.15) is 0 Å². The van der Waals surface area contributed by atoms with Crippen LogP contribution < -0.4 is 5.32 Å². The number of hydrogen-bond donors (Lipinski definition) is 1. The Bertz CT molecular complexity index is 847. The Hall–Kier alpha value is -2.24. The van der Waals surface area contributed by atoms with Crippen molar-refractivity contribution in [2.24, 2.45) is 0 Å². The number of benzene rings is 2. The van der Waals surface area contributed by atoms with Gasteiger partial charge < -0.3 is 9.88 Å². The molecule has 3 rings (SSSR count). The fourth-order valence-electron chi connectivity index (χ4n) is 2.45. The molecular weight excluding hydrogens is 354 g/mol. The molecular formula is C19H18ClN3OS. The van der Waals surface area contributed by atoms with Gasteiger partial charge >= 0.3 is 0 Å². The van der Waals surface area contributed by atoms with Crippen molar-refractivity contribution in [1.82, 2.24) is 14.9 Å². The highest BCUT2D eigenvalue weighted by Gasteiger charge is 2.14. The van der Waals surface area contributed by atoms with Crippen LogP contribution in [0.3, 0.4) is 0 Å². The Morgan fingerprint density at radius 3 is 2.56 bits per heavy atom. The lowest BCUT2D eigenvalue weighted by Crippen LogP contribution is -2.20. The number of thioether (sulfide) groups is 1. The van der Waals surface area contributed by atoms with Crippen LogP contribution in [0.4, 0.5) is 0 Å². The van der Waals surface area contributed by atoms with Crippen molar-refractivity contribution >= 4 is 29.3 Å². The maximum atomic E-state index is 11.6. The summed E-state index contributed by atoms with van der Waals surface area (Å²) >= 11 is 7.43. The Kier molecular flexibility index (Phi) is 5.79. The van der Waals surface area contributed by atoms with Gasteiger partial charge in [0, 0.05) is 12.1 Å². The highest BCUT2D eigenvalue weighted by atomic mass is 35.5. The number of nitrogens with one attached hydrogen (secondary N) is 1. The third-order valence-corrected chi connectivity index (χ3v) is 5.00. The molecule has 2 aromatic carbocycles. The fourth-order valence-corrected chi connectivity index (χ4v) is 3.42. The number of amides is 1. The Labute approximate surface area is 156 Å². The maximum Gasteiger partial charge on any atom is 0.230 e. The predicted octanol–water partition coefficient (Wildman–Crippen LogP) is 4.09. The Balaban J connectivity index is 1.95. The lowest BCUT2D eigenvalue weighted by Gasteiger charge is -2.12. The van der Waals surface area contributed by atoms with Crippen LogP contribution in [0.25, 0.3) is 11.3 Å². The van der Waals surface area contributed by atoms with E-state index >= 15 is 0 Å². The molecule has 6 heteroatoms. The minimum Gasteiger partial charge on any atom is -0.358 e. The molecule has 4 nitrogen and oxygen atoms in total. The first-order chi connectivity index (χ1) is 12.2. The van der Waals surface area contributed by atoms with Crippen molar-refractivity contribution in [2.75, 3.05) is 12.8 Å². The SMILES string of the molecule is CNC(=O)CSc1ncc(-c2ccc(Cl)cc2)n1Cc1ccccc1. The van der Waals surface area contributed by atoms with E-state index < -0.39 is 0 Å². The molecule has 0 unspecified atom stereocenters. The van der Waals surface area contributed by atoms with Crippen molar-refractivity contribution in [1.29, 1.82) is 0 Å². The van der Waals surface area contributed by atoms with Crippen molar-refractivity contribution in [3.05, 3.63) is 71.4 Å². The smallest absolute Gasteiger partial charge is 0.230 e. The number of imidazole rings is 1. The van der Waals surface area contributed by atoms with Crippen LogP contribution in [0.2, 0.25) is 5.02 Å². The third kappa shape index (κ3) is 4.44. The van der Waals surface area contributed by atoms with Gasteiger partial charge in [-0.05, 0) is 23.3 Å². The second-order valence-corrected chi connectivity index (χ2v) is 6.85. The van der Waals surface area contributed by atoms with Crippen molar-refractivity contribution in [3.8, 4) is 11.3 Å². The first-order valence-electron chi connectivity index (χ1n) is 7.86. The number of nitrogens with zero attached hydrogens (tertiary/aromatic N) is 2. The van der Waals surface area contributed by atoms with E-state index in [0.29, 0.717) is 17.3 Å². The van der Waals surface area contributed by atoms with Crippen molar-refractivity contribution in [2.45, 2.75) is 11.7 Å². The van der Waals surface area contributed by atoms with Gasteiger partial charge in [-0.1, -0.05) is 65.8 Å². The van der Waals surface area contributed by atoms with Gasteiger partial charge in [-0.2, -0.15) is 0 Å². The van der Waals surface area contributed by atoms with Crippen LogP contribution in [0.1, 0.15) is 5.56 Å². The summed E-state index contributed by atoms with van der Waals surface area (Å²) in [5, 5.41) is 4.16. The zero-order valence-corrected chi connectivity index (χ0v) is 15.3. The molecule has 1 aromatic heterocycles. The summed E-state index contributed by atoms with van der Waals surface area (Å²) < 4.78 is 2.13. The van der Waals surface area contributed by atoms with Crippen LogP contribution in [-0.2, 0) is 11.3 Å². The number of rotatable bonds is 6. The lowest BCUT2D eigenvalue weighted by molar-refractivity contribution is -0.118. The van der Waals surface area contributed by atoms with Gasteiger partial charge in [0.25, 0.3) is 0 Å². The maximum absolute atomic E-state index is 11.6. The second kappa shape index (κ2) is 8.23. The zero-order chi connectivity index (χ0) is 17.6. The molecule has 0 radical (unpaired) electrons. The first kappa shape index (κ1) is 17.6. The van der Waals surface area contributed by atoms with Gasteiger partial charge in [-0.15, -0.1) is 0 Å². The molecule has 0 bridgehead atoms. The normalized spacial score (nSPS) is 10.6. The van der Waals surface area contributed by atoms with Crippen LogP contribution in [0.15, 0.2) is 66.0 Å². The summed E-state index contributed by atoms with van der Waals surface area (Å²) in [7, 11) is 1.64. The summed E-state index contributed by atoms with van der Waals surface area (Å²) in [5.41, 5.74) is 3.22. The van der Waals surface area contributed by atoms with Gasteiger partial charge in [0.05, 0.1) is 24.2 Å². The monoisotopic (exact) mass is 371 g/mol. The van der Waals surface area contributed by atoms with E-state index in [1.165, 1.54) is 17.3 Å². The molecule has 0 fully saturated rings. The first-order valence-corrected chi connectivity index (χ1v) is 9.22. The molecule has 0 atom stereocenters. The largest absolute Gasteiger partial charge is 0.358 e. The molecule has 128 valence electrons. The van der Waals surface area contributed by atoms with E-state index in [2.05, 4.69) is 27.0 Å². The fraction of sp³-hybridized carbons (Fsp3) is 0.158. The average molecular weight is 372 g/mol. The molecule has 3 aromatic rings. The van der Waals surface area contributed by atoms with Crippen molar-refractivity contribution in [3.63, 3.8) is 0 Å². The number of halogens is 1. The minimum atomic E-state index is -0.0210. The van der Waals surface area contributed by atoms with Crippen LogP contribution in [0.5, 0.6) is 0 Å². The summed E-state index contributed by atoms with van der Waals surface area (Å²) in [6, 6.07) is 17.9. The van der Waals surface area contributed by atoms with E-state index in [0.717, 1.165) is 16.4 Å². The summed E-state index contributed by atoms with van der Waals surface area (Å²) in [4.78, 5) is 16.1. The lowest BCUT2D eigenvalue weighted by atomic mass is 10.1. The summed E-state index contributed by atoms with van der Waals surface area (Å²) in [6.07, 6.45) is 1.85. The molecule has 1 amide bonds. The topological polar surface area (TPSA) is 46.9 Å². The third-order valence-electron chi connectivity index (χ3n) is 3.75. The number of hydrogen-bond acceptors (Lipinski definition) is 3. The van der Waals surface area contributed by atoms with E-state index in [1.54, 1.807) is 7.05 Å². The zero-order valence-electron chi connectivity index (χ0n) is 13.8. The quantitative estimate of drug-likeness (QED) is 0.664. The minimum absolute atomic E-state index is 0.0210. The molecule has 0 saturated heterocycles. The molecule has 1 N–H and O–H groups in total. The molecule has 0 saturated carbocycles. The molecule has 0 aliphatic rings. The van der Waals surface area contributed by atoms with Crippen LogP contribution in [-0.4, -0.2) is 28.3 Å². The molecule has 0 aliphatic carbocycles.